The molecule has 2 rings (SSSR count). The van der Waals surface area contributed by atoms with E-state index in [0.29, 0.717) is 21.2 Å². The zero-order valence-corrected chi connectivity index (χ0v) is 11.9. The third kappa shape index (κ3) is 3.46. The maximum atomic E-state index is 12.2. The second-order valence-corrected chi connectivity index (χ2v) is 5.03. The van der Waals surface area contributed by atoms with Crippen LogP contribution >= 0.6 is 23.2 Å². The average molecular weight is 291 g/mol. The lowest BCUT2D eigenvalue weighted by Gasteiger charge is -2.03. The Morgan fingerprint density at radius 1 is 1.00 bits per heavy atom. The van der Waals surface area contributed by atoms with Crippen LogP contribution in [0.2, 0.25) is 10.0 Å². The van der Waals surface area contributed by atoms with Gasteiger partial charge in [-0.15, -0.1) is 0 Å². The maximum Gasteiger partial charge on any atom is 0.188 e. The van der Waals surface area contributed by atoms with Crippen molar-refractivity contribution in [1.82, 2.24) is 0 Å². The van der Waals surface area contributed by atoms with E-state index in [4.69, 9.17) is 23.2 Å². The highest BCUT2D eigenvalue weighted by Gasteiger charge is 2.08. The molecule has 19 heavy (non-hydrogen) atoms. The minimum absolute atomic E-state index is 0.0309. The molecular weight excluding hydrogens is 279 g/mol. The van der Waals surface area contributed by atoms with Crippen molar-refractivity contribution < 1.29 is 4.79 Å². The van der Waals surface area contributed by atoms with Crippen molar-refractivity contribution in [1.29, 1.82) is 0 Å². The Balaban J connectivity index is 2.29. The first-order chi connectivity index (χ1) is 9.08. The quantitative estimate of drug-likeness (QED) is 0.555. The summed E-state index contributed by atoms with van der Waals surface area (Å²) in [5, 5.41) is 1.25. The number of allylic oxidation sites excluding steroid dienone is 1. The summed E-state index contributed by atoms with van der Waals surface area (Å²) in [6, 6.07) is 14.3. The number of benzene rings is 2. The predicted octanol–water partition coefficient (Wildman–Crippen LogP) is 5.28. The van der Waals surface area contributed by atoms with E-state index >= 15 is 0 Å². The van der Waals surface area contributed by atoms with E-state index in [1.54, 1.807) is 43.3 Å². The van der Waals surface area contributed by atoms with Gasteiger partial charge in [-0.3, -0.25) is 4.79 Å². The SMILES string of the molecule is C/C(=C\c1ccccc1Cl)C(=O)c1ccc(Cl)cc1. The number of carbonyl (C=O) groups excluding carboxylic acids is 1. The molecule has 0 saturated carbocycles. The monoisotopic (exact) mass is 290 g/mol. The molecule has 2 aromatic rings. The van der Waals surface area contributed by atoms with E-state index in [0.717, 1.165) is 5.56 Å². The van der Waals surface area contributed by atoms with Gasteiger partial charge in [0.1, 0.15) is 0 Å². The number of hydrogen-bond acceptors (Lipinski definition) is 1. The molecule has 0 aromatic heterocycles. The Bertz CT molecular complexity index is 627. The highest BCUT2D eigenvalue weighted by molar-refractivity contribution is 6.32. The van der Waals surface area contributed by atoms with Crippen LogP contribution in [0.4, 0.5) is 0 Å². The van der Waals surface area contributed by atoms with Crippen LogP contribution in [0.3, 0.4) is 0 Å². The van der Waals surface area contributed by atoms with E-state index in [9.17, 15) is 4.79 Å². The molecule has 0 fully saturated rings. The molecule has 0 aliphatic heterocycles. The van der Waals surface area contributed by atoms with Crippen LogP contribution < -0.4 is 0 Å². The Kier molecular flexibility index (Phi) is 4.41. The van der Waals surface area contributed by atoms with Crippen molar-refractivity contribution in [3.63, 3.8) is 0 Å². The van der Waals surface area contributed by atoms with Crippen molar-refractivity contribution >= 4 is 35.1 Å². The summed E-state index contributed by atoms with van der Waals surface area (Å²) in [5.41, 5.74) is 2.09. The number of Topliss-reactive ketones (excluding diaryl/α,β-unsaturated/α-hetero) is 1. The normalized spacial score (nSPS) is 11.4. The van der Waals surface area contributed by atoms with Crippen molar-refractivity contribution in [3.8, 4) is 0 Å². The van der Waals surface area contributed by atoms with Gasteiger partial charge < -0.3 is 0 Å². The van der Waals surface area contributed by atoms with Crippen molar-refractivity contribution in [2.45, 2.75) is 6.92 Å². The summed E-state index contributed by atoms with van der Waals surface area (Å²) < 4.78 is 0. The van der Waals surface area contributed by atoms with E-state index in [1.807, 2.05) is 18.2 Å². The number of rotatable bonds is 3. The summed E-state index contributed by atoms with van der Waals surface area (Å²) in [6.45, 7) is 1.78. The largest absolute Gasteiger partial charge is 0.289 e. The third-order valence-corrected chi connectivity index (χ3v) is 3.34. The first kappa shape index (κ1) is 13.9. The van der Waals surface area contributed by atoms with E-state index in [1.165, 1.54) is 0 Å². The number of halogens is 2. The minimum atomic E-state index is -0.0309. The van der Waals surface area contributed by atoms with Crippen LogP contribution in [0.15, 0.2) is 54.1 Å². The molecule has 1 nitrogen and oxygen atoms in total. The highest BCUT2D eigenvalue weighted by atomic mass is 35.5. The smallest absolute Gasteiger partial charge is 0.188 e. The van der Waals surface area contributed by atoms with Gasteiger partial charge in [0.15, 0.2) is 5.78 Å². The van der Waals surface area contributed by atoms with Gasteiger partial charge in [-0.2, -0.15) is 0 Å². The molecule has 2 aromatic carbocycles. The molecule has 0 atom stereocenters. The molecule has 0 heterocycles. The molecular formula is C16H12Cl2O. The first-order valence-corrected chi connectivity index (χ1v) is 6.56. The van der Waals surface area contributed by atoms with Gasteiger partial charge in [0.2, 0.25) is 0 Å². The fraction of sp³-hybridized carbons (Fsp3) is 0.0625. The average Bonchev–Trinajstić information content (AvgIpc) is 2.41. The standard InChI is InChI=1S/C16H12Cl2O/c1-11(10-13-4-2-3-5-15(13)18)16(19)12-6-8-14(17)9-7-12/h2-10H,1H3/b11-10+. The second-order valence-electron chi connectivity index (χ2n) is 4.18. The Labute approximate surface area is 122 Å². The number of hydrogen-bond donors (Lipinski definition) is 0. The van der Waals surface area contributed by atoms with Gasteiger partial charge >= 0.3 is 0 Å². The summed E-state index contributed by atoms with van der Waals surface area (Å²) >= 11 is 11.9. The molecule has 0 radical (unpaired) electrons. The molecule has 0 saturated heterocycles. The molecule has 3 heteroatoms. The van der Waals surface area contributed by atoms with Crippen LogP contribution in [0, 0.1) is 0 Å². The Morgan fingerprint density at radius 3 is 2.26 bits per heavy atom. The van der Waals surface area contributed by atoms with Crippen LogP contribution in [-0.4, -0.2) is 5.78 Å². The number of carbonyl (C=O) groups is 1. The minimum Gasteiger partial charge on any atom is -0.289 e. The zero-order valence-electron chi connectivity index (χ0n) is 10.4. The van der Waals surface area contributed by atoms with Gasteiger partial charge in [-0.25, -0.2) is 0 Å². The lowest BCUT2D eigenvalue weighted by molar-refractivity contribution is 0.103. The third-order valence-electron chi connectivity index (χ3n) is 2.74. The molecule has 0 aliphatic carbocycles. The van der Waals surface area contributed by atoms with Gasteiger partial charge in [-0.05, 0) is 54.5 Å². The second kappa shape index (κ2) is 6.05. The molecule has 0 amide bonds. The van der Waals surface area contributed by atoms with E-state index < -0.39 is 0 Å². The predicted molar refractivity (Wildman–Crippen MR) is 80.9 cm³/mol. The fourth-order valence-corrected chi connectivity index (χ4v) is 2.04. The van der Waals surface area contributed by atoms with E-state index in [-0.39, 0.29) is 5.78 Å². The first-order valence-electron chi connectivity index (χ1n) is 5.81. The van der Waals surface area contributed by atoms with Crippen LogP contribution in [0.25, 0.3) is 6.08 Å². The van der Waals surface area contributed by atoms with Crippen molar-refractivity contribution in [2.24, 2.45) is 0 Å². The number of ketones is 1. The van der Waals surface area contributed by atoms with Gasteiger partial charge in [0.05, 0.1) is 0 Å². The summed E-state index contributed by atoms with van der Waals surface area (Å²) in [5.74, 6) is -0.0309. The Hall–Kier alpha value is -1.57. The van der Waals surface area contributed by atoms with E-state index in [2.05, 4.69) is 0 Å². The highest BCUT2D eigenvalue weighted by Crippen LogP contribution is 2.20. The topological polar surface area (TPSA) is 17.1 Å². The lowest BCUT2D eigenvalue weighted by Crippen LogP contribution is -2.00. The lowest BCUT2D eigenvalue weighted by atomic mass is 10.0. The van der Waals surface area contributed by atoms with Gasteiger partial charge in [0, 0.05) is 15.6 Å². The summed E-state index contributed by atoms with van der Waals surface area (Å²) in [6.07, 6.45) is 1.79. The maximum absolute atomic E-state index is 12.2. The van der Waals surface area contributed by atoms with Crippen molar-refractivity contribution in [2.75, 3.05) is 0 Å². The molecule has 0 N–H and O–H groups in total. The summed E-state index contributed by atoms with van der Waals surface area (Å²) in [4.78, 5) is 12.2. The van der Waals surface area contributed by atoms with Crippen LogP contribution in [0.1, 0.15) is 22.8 Å². The van der Waals surface area contributed by atoms with Gasteiger partial charge in [0.25, 0.3) is 0 Å². The van der Waals surface area contributed by atoms with Crippen LogP contribution in [-0.2, 0) is 0 Å². The van der Waals surface area contributed by atoms with Gasteiger partial charge in [-0.1, -0.05) is 41.4 Å². The molecule has 0 spiro atoms. The Morgan fingerprint density at radius 2 is 1.63 bits per heavy atom. The van der Waals surface area contributed by atoms with Crippen LogP contribution in [0.5, 0.6) is 0 Å². The zero-order chi connectivity index (χ0) is 13.8. The molecule has 0 unspecified atom stereocenters. The van der Waals surface area contributed by atoms with Crippen molar-refractivity contribution in [3.05, 3.63) is 75.3 Å². The molecule has 96 valence electrons. The molecule has 0 bridgehead atoms. The summed E-state index contributed by atoms with van der Waals surface area (Å²) in [7, 11) is 0. The fourth-order valence-electron chi connectivity index (χ4n) is 1.72. The molecule has 0 aliphatic rings.